The molecule has 2 rings (SSSR count). The first-order valence-corrected chi connectivity index (χ1v) is 8.55. The van der Waals surface area contributed by atoms with Crippen LogP contribution < -0.4 is 20.1 Å². The molecule has 0 aromatic heterocycles. The van der Waals surface area contributed by atoms with Crippen LogP contribution in [0.4, 0.5) is 11.4 Å². The number of hydrogen-bond acceptors (Lipinski definition) is 4. The molecule has 2 N–H and O–H groups in total. The molecular weight excluding hydrogens is 344 g/mol. The molecule has 2 amide bonds. The summed E-state index contributed by atoms with van der Waals surface area (Å²) >= 11 is 0. The number of allylic oxidation sites excluding steroid dienone is 1. The van der Waals surface area contributed by atoms with Crippen molar-refractivity contribution in [2.45, 2.75) is 20.8 Å². The standard InChI is InChI=1S/C21H24N2O4/c1-5-7-16-10-11-19(20(12-16)26-4)27-13-21(25)23-18-9-6-8-17(14(18)2)22-15(3)24/h5-12H,13H2,1-4H3,(H,22,24)(H,23,25)/b7-5+. The highest BCUT2D eigenvalue weighted by Gasteiger charge is 2.11. The van der Waals surface area contributed by atoms with E-state index in [0.717, 1.165) is 11.1 Å². The lowest BCUT2D eigenvalue weighted by Gasteiger charge is -2.14. The molecule has 142 valence electrons. The van der Waals surface area contributed by atoms with Crippen LogP contribution in [0, 0.1) is 6.92 Å². The molecule has 0 aliphatic rings. The summed E-state index contributed by atoms with van der Waals surface area (Å²) in [6.07, 6.45) is 3.88. The summed E-state index contributed by atoms with van der Waals surface area (Å²) in [4.78, 5) is 23.5. The Labute approximate surface area is 159 Å². The molecule has 0 fully saturated rings. The summed E-state index contributed by atoms with van der Waals surface area (Å²) in [6.45, 7) is 5.03. The van der Waals surface area contributed by atoms with Crippen LogP contribution in [0.3, 0.4) is 0 Å². The maximum Gasteiger partial charge on any atom is 0.262 e. The number of benzene rings is 2. The molecule has 0 saturated heterocycles. The van der Waals surface area contributed by atoms with Gasteiger partial charge in [-0.25, -0.2) is 0 Å². The molecule has 0 aliphatic carbocycles. The summed E-state index contributed by atoms with van der Waals surface area (Å²) < 4.78 is 10.9. The van der Waals surface area contributed by atoms with Gasteiger partial charge in [0.1, 0.15) is 0 Å². The lowest BCUT2D eigenvalue weighted by molar-refractivity contribution is -0.118. The van der Waals surface area contributed by atoms with Gasteiger partial charge in [-0.15, -0.1) is 0 Å². The topological polar surface area (TPSA) is 76.7 Å². The second-order valence-electron chi connectivity index (χ2n) is 5.91. The van der Waals surface area contributed by atoms with Gasteiger partial charge in [-0.3, -0.25) is 9.59 Å². The molecule has 2 aromatic rings. The lowest BCUT2D eigenvalue weighted by atomic mass is 10.1. The third-order valence-electron chi connectivity index (χ3n) is 3.82. The Bertz CT molecular complexity index is 859. The highest BCUT2D eigenvalue weighted by atomic mass is 16.5. The molecule has 27 heavy (non-hydrogen) atoms. The first-order chi connectivity index (χ1) is 12.9. The van der Waals surface area contributed by atoms with E-state index in [1.165, 1.54) is 6.92 Å². The van der Waals surface area contributed by atoms with Crippen LogP contribution in [-0.2, 0) is 9.59 Å². The maximum atomic E-state index is 12.3. The van der Waals surface area contributed by atoms with Crippen LogP contribution in [0.5, 0.6) is 11.5 Å². The summed E-state index contributed by atoms with van der Waals surface area (Å²) in [6, 6.07) is 10.8. The predicted molar refractivity (Wildman–Crippen MR) is 107 cm³/mol. The van der Waals surface area contributed by atoms with Crippen molar-refractivity contribution in [3.63, 3.8) is 0 Å². The summed E-state index contributed by atoms with van der Waals surface area (Å²) in [7, 11) is 1.55. The molecule has 0 radical (unpaired) electrons. The SMILES string of the molecule is C/C=C/c1ccc(OCC(=O)Nc2cccc(NC(C)=O)c2C)c(OC)c1. The Hall–Kier alpha value is -3.28. The lowest BCUT2D eigenvalue weighted by Crippen LogP contribution is -2.21. The van der Waals surface area contributed by atoms with E-state index >= 15 is 0 Å². The van der Waals surface area contributed by atoms with Crippen LogP contribution >= 0.6 is 0 Å². The average molecular weight is 368 g/mol. The molecule has 0 saturated carbocycles. The van der Waals surface area contributed by atoms with Gasteiger partial charge in [0.05, 0.1) is 7.11 Å². The van der Waals surface area contributed by atoms with E-state index in [1.54, 1.807) is 31.4 Å². The second kappa shape index (κ2) is 9.43. The molecule has 0 spiro atoms. The fraction of sp³-hybridized carbons (Fsp3) is 0.238. The fourth-order valence-electron chi connectivity index (χ4n) is 2.53. The number of methoxy groups -OCH3 is 1. The van der Waals surface area contributed by atoms with Gasteiger partial charge in [-0.1, -0.05) is 24.3 Å². The number of anilines is 2. The van der Waals surface area contributed by atoms with Gasteiger partial charge in [0, 0.05) is 18.3 Å². The normalized spacial score (nSPS) is 10.5. The summed E-state index contributed by atoms with van der Waals surface area (Å²) in [5.41, 5.74) is 3.03. The van der Waals surface area contributed by atoms with Crippen molar-refractivity contribution in [3.05, 3.63) is 53.6 Å². The van der Waals surface area contributed by atoms with Gasteiger partial charge >= 0.3 is 0 Å². The number of hydrogen-bond donors (Lipinski definition) is 2. The maximum absolute atomic E-state index is 12.3. The van der Waals surface area contributed by atoms with E-state index in [9.17, 15) is 9.59 Å². The third kappa shape index (κ3) is 5.60. The Balaban J connectivity index is 2.04. The highest BCUT2D eigenvalue weighted by molar-refractivity contribution is 5.95. The Morgan fingerprint density at radius 2 is 1.78 bits per heavy atom. The average Bonchev–Trinajstić information content (AvgIpc) is 2.63. The Morgan fingerprint density at radius 3 is 2.41 bits per heavy atom. The van der Waals surface area contributed by atoms with Crippen LogP contribution in [0.15, 0.2) is 42.5 Å². The number of ether oxygens (including phenoxy) is 2. The number of nitrogens with one attached hydrogen (secondary N) is 2. The van der Waals surface area contributed by atoms with Crippen molar-refractivity contribution < 1.29 is 19.1 Å². The zero-order valence-electron chi connectivity index (χ0n) is 16.0. The largest absolute Gasteiger partial charge is 0.493 e. The highest BCUT2D eigenvalue weighted by Crippen LogP contribution is 2.29. The van der Waals surface area contributed by atoms with E-state index in [4.69, 9.17) is 9.47 Å². The fourth-order valence-corrected chi connectivity index (χ4v) is 2.53. The van der Waals surface area contributed by atoms with E-state index in [-0.39, 0.29) is 18.4 Å². The van der Waals surface area contributed by atoms with E-state index in [1.807, 2.05) is 38.1 Å². The number of amides is 2. The minimum absolute atomic E-state index is 0.164. The van der Waals surface area contributed by atoms with Gasteiger partial charge < -0.3 is 20.1 Å². The first-order valence-electron chi connectivity index (χ1n) is 8.55. The minimum atomic E-state index is -0.308. The van der Waals surface area contributed by atoms with Crippen molar-refractivity contribution in [3.8, 4) is 11.5 Å². The van der Waals surface area contributed by atoms with Crippen molar-refractivity contribution in [2.75, 3.05) is 24.4 Å². The monoisotopic (exact) mass is 368 g/mol. The van der Waals surface area contributed by atoms with Gasteiger partial charge in [-0.2, -0.15) is 0 Å². The van der Waals surface area contributed by atoms with E-state index < -0.39 is 0 Å². The van der Waals surface area contributed by atoms with Gasteiger partial charge in [0.2, 0.25) is 5.91 Å². The number of carbonyl (C=O) groups excluding carboxylic acids is 2. The van der Waals surface area contributed by atoms with Crippen molar-refractivity contribution in [1.82, 2.24) is 0 Å². The zero-order valence-corrected chi connectivity index (χ0v) is 16.0. The minimum Gasteiger partial charge on any atom is -0.493 e. The first kappa shape index (κ1) is 20.0. The van der Waals surface area contributed by atoms with E-state index in [2.05, 4.69) is 10.6 Å². The van der Waals surface area contributed by atoms with Gasteiger partial charge in [-0.05, 0) is 49.2 Å². The van der Waals surface area contributed by atoms with Crippen LogP contribution in [-0.4, -0.2) is 25.5 Å². The zero-order chi connectivity index (χ0) is 19.8. The van der Waals surface area contributed by atoms with Crippen LogP contribution in [0.2, 0.25) is 0 Å². The predicted octanol–water partition coefficient (Wildman–Crippen LogP) is 4.01. The van der Waals surface area contributed by atoms with Gasteiger partial charge in [0.25, 0.3) is 5.91 Å². The quantitative estimate of drug-likeness (QED) is 0.774. The molecule has 0 unspecified atom stereocenters. The molecule has 0 atom stereocenters. The van der Waals surface area contributed by atoms with Crippen molar-refractivity contribution >= 4 is 29.3 Å². The van der Waals surface area contributed by atoms with Crippen molar-refractivity contribution in [1.29, 1.82) is 0 Å². The third-order valence-corrected chi connectivity index (χ3v) is 3.82. The van der Waals surface area contributed by atoms with E-state index in [0.29, 0.717) is 22.9 Å². The Morgan fingerprint density at radius 1 is 1.07 bits per heavy atom. The molecular formula is C21H24N2O4. The van der Waals surface area contributed by atoms with Crippen LogP contribution in [0.1, 0.15) is 25.0 Å². The number of rotatable bonds is 7. The summed E-state index contributed by atoms with van der Waals surface area (Å²) in [5, 5.41) is 5.53. The molecule has 0 aliphatic heterocycles. The molecule has 0 bridgehead atoms. The molecule has 6 heteroatoms. The van der Waals surface area contributed by atoms with Gasteiger partial charge in [0.15, 0.2) is 18.1 Å². The summed E-state index contributed by atoms with van der Waals surface area (Å²) in [5.74, 6) is 0.572. The molecule has 6 nitrogen and oxygen atoms in total. The molecule has 2 aromatic carbocycles. The molecule has 0 heterocycles. The second-order valence-corrected chi connectivity index (χ2v) is 5.91. The van der Waals surface area contributed by atoms with Crippen molar-refractivity contribution in [2.24, 2.45) is 0 Å². The number of carbonyl (C=O) groups is 2. The van der Waals surface area contributed by atoms with Crippen LogP contribution in [0.25, 0.3) is 6.08 Å². The smallest absolute Gasteiger partial charge is 0.262 e. The Kier molecular flexibility index (Phi) is 7.00.